The van der Waals surface area contributed by atoms with Gasteiger partial charge in [-0.3, -0.25) is 0 Å². The summed E-state index contributed by atoms with van der Waals surface area (Å²) in [5.74, 6) is 2.57. The maximum atomic E-state index is 6.16. The highest BCUT2D eigenvalue weighted by Gasteiger charge is 2.21. The van der Waals surface area contributed by atoms with Gasteiger partial charge in [-0.05, 0) is 55.2 Å². The van der Waals surface area contributed by atoms with Gasteiger partial charge in [0.1, 0.15) is 5.75 Å². The van der Waals surface area contributed by atoms with Crippen molar-refractivity contribution >= 4 is 0 Å². The molecule has 3 atom stereocenters. The Hall–Kier alpha value is -0.980. The second-order valence-electron chi connectivity index (χ2n) is 6.06. The van der Waals surface area contributed by atoms with E-state index in [0.717, 1.165) is 11.7 Å². The summed E-state index contributed by atoms with van der Waals surface area (Å²) < 4.78 is 6.16. The summed E-state index contributed by atoms with van der Waals surface area (Å²) in [6, 6.07) is 8.75. The quantitative estimate of drug-likeness (QED) is 0.674. The van der Waals surface area contributed by atoms with Gasteiger partial charge in [-0.1, -0.05) is 45.7 Å². The van der Waals surface area contributed by atoms with Crippen molar-refractivity contribution in [2.45, 2.75) is 71.3 Å². The molecule has 0 spiro atoms. The predicted octanol–water partition coefficient (Wildman–Crippen LogP) is 5.55. The maximum absolute atomic E-state index is 6.16. The fourth-order valence-corrected chi connectivity index (χ4v) is 3.02. The monoisotopic (exact) mass is 260 g/mol. The van der Waals surface area contributed by atoms with Crippen LogP contribution in [0.1, 0.15) is 70.8 Å². The van der Waals surface area contributed by atoms with Gasteiger partial charge in [-0.15, -0.1) is 0 Å². The topological polar surface area (TPSA) is 9.23 Å². The number of hydrogen-bond acceptors (Lipinski definition) is 1. The molecule has 2 rings (SSSR count). The first-order valence-electron chi connectivity index (χ1n) is 7.99. The van der Waals surface area contributed by atoms with E-state index in [4.69, 9.17) is 4.74 Å². The van der Waals surface area contributed by atoms with Gasteiger partial charge in [-0.25, -0.2) is 0 Å². The van der Waals surface area contributed by atoms with E-state index < -0.39 is 0 Å². The maximum Gasteiger partial charge on any atom is 0.119 e. The normalized spacial score (nSPS) is 25.0. The van der Waals surface area contributed by atoms with Gasteiger partial charge in [0, 0.05) is 0 Å². The average Bonchev–Trinajstić information content (AvgIpc) is 2.47. The highest BCUT2D eigenvalue weighted by Crippen LogP contribution is 2.30. The number of ether oxygens (including phenoxy) is 1. The van der Waals surface area contributed by atoms with Crippen molar-refractivity contribution in [3.8, 4) is 5.75 Å². The van der Waals surface area contributed by atoms with E-state index >= 15 is 0 Å². The van der Waals surface area contributed by atoms with Gasteiger partial charge in [0.05, 0.1) is 6.10 Å². The van der Waals surface area contributed by atoms with Crippen molar-refractivity contribution in [3.05, 3.63) is 29.8 Å². The van der Waals surface area contributed by atoms with Gasteiger partial charge < -0.3 is 4.74 Å². The highest BCUT2D eigenvalue weighted by atomic mass is 16.5. The van der Waals surface area contributed by atoms with Crippen molar-refractivity contribution in [1.82, 2.24) is 0 Å². The largest absolute Gasteiger partial charge is 0.490 e. The highest BCUT2D eigenvalue weighted by molar-refractivity contribution is 5.29. The Morgan fingerprint density at radius 1 is 1.16 bits per heavy atom. The number of rotatable bonds is 5. The van der Waals surface area contributed by atoms with Crippen molar-refractivity contribution in [3.63, 3.8) is 0 Å². The van der Waals surface area contributed by atoms with E-state index in [0.29, 0.717) is 12.0 Å². The molecule has 0 saturated heterocycles. The Bertz CT molecular complexity index is 368. The zero-order chi connectivity index (χ0) is 13.7. The SMILES string of the molecule is CCC1CCCC(Oc2ccc(C(C)CC)cc2)C1. The molecular formula is C18H28O. The predicted molar refractivity (Wildman–Crippen MR) is 81.8 cm³/mol. The van der Waals surface area contributed by atoms with Crippen LogP contribution in [0, 0.1) is 5.92 Å². The van der Waals surface area contributed by atoms with E-state index in [1.54, 1.807) is 0 Å². The van der Waals surface area contributed by atoms with Crippen molar-refractivity contribution in [2.24, 2.45) is 5.92 Å². The molecule has 1 aliphatic rings. The van der Waals surface area contributed by atoms with Crippen LogP contribution in [0.5, 0.6) is 5.75 Å². The smallest absolute Gasteiger partial charge is 0.119 e. The van der Waals surface area contributed by atoms with Crippen LogP contribution in [0.25, 0.3) is 0 Å². The number of hydrogen-bond donors (Lipinski definition) is 0. The molecule has 19 heavy (non-hydrogen) atoms. The summed E-state index contributed by atoms with van der Waals surface area (Å²) in [4.78, 5) is 0. The molecule has 0 heterocycles. The number of benzene rings is 1. The van der Waals surface area contributed by atoms with Crippen molar-refractivity contribution in [1.29, 1.82) is 0 Å². The third kappa shape index (κ3) is 3.99. The van der Waals surface area contributed by atoms with Crippen LogP contribution in [0.2, 0.25) is 0 Å². The van der Waals surface area contributed by atoms with E-state index in [1.165, 1.54) is 44.1 Å². The van der Waals surface area contributed by atoms with Crippen LogP contribution in [-0.2, 0) is 0 Å². The Morgan fingerprint density at radius 3 is 2.53 bits per heavy atom. The Labute approximate surface area is 118 Å². The summed E-state index contributed by atoms with van der Waals surface area (Å²) in [5.41, 5.74) is 1.42. The third-order valence-electron chi connectivity index (χ3n) is 4.68. The van der Waals surface area contributed by atoms with E-state index in [2.05, 4.69) is 45.0 Å². The van der Waals surface area contributed by atoms with Crippen LogP contribution in [0.3, 0.4) is 0 Å². The zero-order valence-electron chi connectivity index (χ0n) is 12.7. The lowest BCUT2D eigenvalue weighted by Crippen LogP contribution is -2.25. The van der Waals surface area contributed by atoms with Gasteiger partial charge in [0.25, 0.3) is 0 Å². The molecule has 1 aromatic carbocycles. The summed E-state index contributed by atoms with van der Waals surface area (Å²) in [6.45, 7) is 6.82. The van der Waals surface area contributed by atoms with Crippen LogP contribution >= 0.6 is 0 Å². The lowest BCUT2D eigenvalue weighted by atomic mass is 9.85. The van der Waals surface area contributed by atoms with E-state index in [-0.39, 0.29) is 0 Å². The van der Waals surface area contributed by atoms with Crippen LogP contribution < -0.4 is 4.74 Å². The molecule has 0 aliphatic heterocycles. The van der Waals surface area contributed by atoms with Crippen LogP contribution in [0.4, 0.5) is 0 Å². The Kier molecular flexibility index (Phi) is 5.30. The summed E-state index contributed by atoms with van der Waals surface area (Å²) in [7, 11) is 0. The average molecular weight is 260 g/mol. The summed E-state index contributed by atoms with van der Waals surface area (Å²) in [5, 5.41) is 0. The molecule has 0 amide bonds. The molecule has 0 radical (unpaired) electrons. The van der Waals surface area contributed by atoms with Crippen LogP contribution in [0.15, 0.2) is 24.3 Å². The first-order valence-corrected chi connectivity index (χ1v) is 7.99. The fourth-order valence-electron chi connectivity index (χ4n) is 3.02. The summed E-state index contributed by atoms with van der Waals surface area (Å²) >= 11 is 0. The second-order valence-corrected chi connectivity index (χ2v) is 6.06. The minimum absolute atomic E-state index is 0.438. The van der Waals surface area contributed by atoms with E-state index in [9.17, 15) is 0 Å². The molecule has 0 aromatic heterocycles. The van der Waals surface area contributed by atoms with Gasteiger partial charge in [0.2, 0.25) is 0 Å². The molecule has 1 fully saturated rings. The fraction of sp³-hybridized carbons (Fsp3) is 0.667. The molecule has 1 saturated carbocycles. The molecule has 3 unspecified atom stereocenters. The molecular weight excluding hydrogens is 232 g/mol. The molecule has 1 heteroatoms. The summed E-state index contributed by atoms with van der Waals surface area (Å²) in [6.07, 6.45) is 8.12. The lowest BCUT2D eigenvalue weighted by Gasteiger charge is -2.29. The van der Waals surface area contributed by atoms with Crippen LogP contribution in [-0.4, -0.2) is 6.10 Å². The Morgan fingerprint density at radius 2 is 1.89 bits per heavy atom. The van der Waals surface area contributed by atoms with Gasteiger partial charge >= 0.3 is 0 Å². The first kappa shape index (κ1) is 14.4. The third-order valence-corrected chi connectivity index (χ3v) is 4.68. The molecule has 1 nitrogen and oxygen atoms in total. The molecule has 1 aliphatic carbocycles. The van der Waals surface area contributed by atoms with Crippen molar-refractivity contribution < 1.29 is 4.74 Å². The molecule has 1 aromatic rings. The van der Waals surface area contributed by atoms with E-state index in [1.807, 2.05) is 0 Å². The Balaban J connectivity index is 1.92. The van der Waals surface area contributed by atoms with Gasteiger partial charge in [-0.2, -0.15) is 0 Å². The zero-order valence-corrected chi connectivity index (χ0v) is 12.7. The second kappa shape index (κ2) is 6.98. The minimum Gasteiger partial charge on any atom is -0.490 e. The standard InChI is InChI=1S/C18H28O/c1-4-14(3)16-9-11-17(12-10-16)19-18-8-6-7-15(5-2)13-18/h9-12,14-15,18H,4-8,13H2,1-3H3. The minimum atomic E-state index is 0.438. The first-order chi connectivity index (χ1) is 9.22. The van der Waals surface area contributed by atoms with Gasteiger partial charge in [0.15, 0.2) is 0 Å². The molecule has 106 valence electrons. The van der Waals surface area contributed by atoms with Crippen molar-refractivity contribution in [2.75, 3.05) is 0 Å². The lowest BCUT2D eigenvalue weighted by molar-refractivity contribution is 0.122. The molecule has 0 N–H and O–H groups in total. The molecule has 0 bridgehead atoms.